The number of pyridine rings is 2. The number of hydrogen-bond acceptors (Lipinski definition) is 5. The molecule has 2 N–H and O–H groups in total. The van der Waals surface area contributed by atoms with Crippen molar-refractivity contribution in [2.24, 2.45) is 5.73 Å². The van der Waals surface area contributed by atoms with Crippen LogP contribution in [0.1, 0.15) is 12.5 Å². The smallest absolute Gasteiger partial charge is 0.201 e. The minimum absolute atomic E-state index is 0.149. The van der Waals surface area contributed by atoms with Crippen LogP contribution in [0.5, 0.6) is 0 Å². The third-order valence-electron chi connectivity index (χ3n) is 2.83. The van der Waals surface area contributed by atoms with Crippen molar-refractivity contribution in [1.29, 1.82) is 0 Å². The Bertz CT molecular complexity index is 705. The monoisotopic (exact) mass is 285 g/mol. The fourth-order valence-corrected chi connectivity index (χ4v) is 2.71. The number of rotatable bonds is 4. The van der Waals surface area contributed by atoms with Gasteiger partial charge in [-0.2, -0.15) is 0 Å². The van der Waals surface area contributed by atoms with Gasteiger partial charge in [0, 0.05) is 18.4 Å². The first-order valence-electron chi connectivity index (χ1n) is 6.40. The molecule has 3 aromatic rings. The standard InChI is InChI=1S/C14H15N5S/c1-10(15)8-11-5-6-13(16-9-11)20-14-18-17-12-4-2-3-7-19(12)14/h2-7,9-10H,8,15H2,1H3. The SMILES string of the molecule is CC(N)Cc1ccc(Sc2nnc3ccccn23)nc1. The van der Waals surface area contributed by atoms with Gasteiger partial charge in [0.05, 0.1) is 0 Å². The second-order valence-corrected chi connectivity index (χ2v) is 5.69. The Kier molecular flexibility index (Phi) is 3.66. The fraction of sp³-hybridized carbons (Fsp3) is 0.214. The second-order valence-electron chi connectivity index (χ2n) is 4.70. The van der Waals surface area contributed by atoms with E-state index in [1.165, 1.54) is 11.8 Å². The molecule has 0 aliphatic carbocycles. The highest BCUT2D eigenvalue weighted by molar-refractivity contribution is 7.99. The molecule has 0 bridgehead atoms. The third-order valence-corrected chi connectivity index (χ3v) is 3.75. The summed E-state index contributed by atoms with van der Waals surface area (Å²) in [5, 5.41) is 10.0. The van der Waals surface area contributed by atoms with E-state index in [-0.39, 0.29) is 6.04 Å². The van der Waals surface area contributed by atoms with Crippen molar-refractivity contribution in [3.05, 3.63) is 48.3 Å². The van der Waals surface area contributed by atoms with Crippen LogP contribution in [0.25, 0.3) is 5.65 Å². The summed E-state index contributed by atoms with van der Waals surface area (Å²) < 4.78 is 1.95. The van der Waals surface area contributed by atoms with Crippen LogP contribution in [0.3, 0.4) is 0 Å². The maximum Gasteiger partial charge on any atom is 0.201 e. The zero-order valence-corrected chi connectivity index (χ0v) is 11.9. The van der Waals surface area contributed by atoms with E-state index in [0.29, 0.717) is 0 Å². The van der Waals surface area contributed by atoms with Gasteiger partial charge in [0.2, 0.25) is 5.16 Å². The molecule has 0 saturated heterocycles. The molecule has 0 saturated carbocycles. The molecule has 1 atom stereocenters. The Morgan fingerprint density at radius 2 is 2.15 bits per heavy atom. The quantitative estimate of drug-likeness (QED) is 0.795. The van der Waals surface area contributed by atoms with Gasteiger partial charge in [-0.05, 0) is 48.9 Å². The van der Waals surface area contributed by atoms with Crippen LogP contribution >= 0.6 is 11.8 Å². The van der Waals surface area contributed by atoms with E-state index in [2.05, 4.69) is 21.2 Å². The van der Waals surface area contributed by atoms with Gasteiger partial charge >= 0.3 is 0 Å². The minimum atomic E-state index is 0.149. The highest BCUT2D eigenvalue weighted by atomic mass is 32.2. The first-order chi connectivity index (χ1) is 9.72. The molecule has 0 amide bonds. The number of nitrogens with two attached hydrogens (primary N) is 1. The molecule has 0 aliphatic heterocycles. The van der Waals surface area contributed by atoms with E-state index in [0.717, 1.165) is 27.8 Å². The van der Waals surface area contributed by atoms with Crippen LogP contribution < -0.4 is 5.73 Å². The van der Waals surface area contributed by atoms with Gasteiger partial charge in [0.15, 0.2) is 5.65 Å². The molecule has 3 heterocycles. The van der Waals surface area contributed by atoms with Crippen LogP contribution in [0.15, 0.2) is 52.9 Å². The summed E-state index contributed by atoms with van der Waals surface area (Å²) >= 11 is 1.50. The number of hydrogen-bond donors (Lipinski definition) is 1. The van der Waals surface area contributed by atoms with E-state index in [1.54, 1.807) is 0 Å². The average molecular weight is 285 g/mol. The van der Waals surface area contributed by atoms with Crippen LogP contribution in [0, 0.1) is 0 Å². The van der Waals surface area contributed by atoms with Crippen molar-refractivity contribution in [2.45, 2.75) is 29.6 Å². The van der Waals surface area contributed by atoms with Crippen molar-refractivity contribution in [3.8, 4) is 0 Å². The predicted molar refractivity (Wildman–Crippen MR) is 78.7 cm³/mol. The van der Waals surface area contributed by atoms with Crippen LogP contribution in [-0.2, 0) is 6.42 Å². The molecule has 1 unspecified atom stereocenters. The zero-order chi connectivity index (χ0) is 13.9. The maximum atomic E-state index is 5.78. The van der Waals surface area contributed by atoms with E-state index in [4.69, 9.17) is 5.73 Å². The molecule has 5 nitrogen and oxygen atoms in total. The van der Waals surface area contributed by atoms with Crippen LogP contribution in [0.2, 0.25) is 0 Å². The maximum absolute atomic E-state index is 5.78. The van der Waals surface area contributed by atoms with Crippen molar-refractivity contribution in [1.82, 2.24) is 19.6 Å². The van der Waals surface area contributed by atoms with E-state index < -0.39 is 0 Å². The number of aromatic nitrogens is 4. The summed E-state index contributed by atoms with van der Waals surface area (Å²) in [6.45, 7) is 1.99. The highest BCUT2D eigenvalue weighted by Gasteiger charge is 2.07. The van der Waals surface area contributed by atoms with Gasteiger partial charge in [-0.1, -0.05) is 12.1 Å². The molecular weight excluding hydrogens is 270 g/mol. The Labute approximate surface area is 121 Å². The predicted octanol–water partition coefficient (Wildman–Crippen LogP) is 2.17. The largest absolute Gasteiger partial charge is 0.328 e. The highest BCUT2D eigenvalue weighted by Crippen LogP contribution is 2.24. The zero-order valence-electron chi connectivity index (χ0n) is 11.1. The molecule has 0 radical (unpaired) electrons. The van der Waals surface area contributed by atoms with Crippen LogP contribution in [-0.4, -0.2) is 25.6 Å². The number of nitrogens with zero attached hydrogens (tertiary/aromatic N) is 4. The topological polar surface area (TPSA) is 69.1 Å². The summed E-state index contributed by atoms with van der Waals surface area (Å²) in [4.78, 5) is 4.44. The second kappa shape index (κ2) is 5.60. The van der Waals surface area contributed by atoms with E-state index in [9.17, 15) is 0 Å². The van der Waals surface area contributed by atoms with Gasteiger partial charge in [-0.15, -0.1) is 10.2 Å². The molecule has 6 heteroatoms. The Balaban J connectivity index is 1.80. The fourth-order valence-electron chi connectivity index (χ4n) is 1.95. The lowest BCUT2D eigenvalue weighted by molar-refractivity contribution is 0.734. The summed E-state index contributed by atoms with van der Waals surface area (Å²) in [5.41, 5.74) is 7.77. The van der Waals surface area contributed by atoms with Gasteiger partial charge < -0.3 is 5.73 Å². The van der Waals surface area contributed by atoms with Crippen LogP contribution in [0.4, 0.5) is 0 Å². The van der Waals surface area contributed by atoms with Crippen molar-refractivity contribution < 1.29 is 0 Å². The lowest BCUT2D eigenvalue weighted by Crippen LogP contribution is -2.17. The molecule has 20 heavy (non-hydrogen) atoms. The number of fused-ring (bicyclic) bond motifs is 1. The van der Waals surface area contributed by atoms with Gasteiger partial charge in [0.25, 0.3) is 0 Å². The van der Waals surface area contributed by atoms with E-state index in [1.807, 2.05) is 48.0 Å². The van der Waals surface area contributed by atoms with Crippen molar-refractivity contribution in [3.63, 3.8) is 0 Å². The van der Waals surface area contributed by atoms with E-state index >= 15 is 0 Å². The first-order valence-corrected chi connectivity index (χ1v) is 7.22. The summed E-state index contributed by atoms with van der Waals surface area (Å²) in [6.07, 6.45) is 4.66. The summed E-state index contributed by atoms with van der Waals surface area (Å²) in [6, 6.07) is 10.0. The molecule has 102 valence electrons. The Morgan fingerprint density at radius 1 is 1.25 bits per heavy atom. The van der Waals surface area contributed by atoms with Gasteiger partial charge in [-0.3, -0.25) is 4.40 Å². The summed E-state index contributed by atoms with van der Waals surface area (Å²) in [7, 11) is 0. The Morgan fingerprint density at radius 3 is 2.90 bits per heavy atom. The molecule has 0 fully saturated rings. The Hall–Kier alpha value is -1.92. The molecule has 3 aromatic heterocycles. The van der Waals surface area contributed by atoms with Crippen molar-refractivity contribution >= 4 is 17.4 Å². The molecule has 0 aliphatic rings. The average Bonchev–Trinajstić information content (AvgIpc) is 2.84. The van der Waals surface area contributed by atoms with Gasteiger partial charge in [0.1, 0.15) is 5.03 Å². The minimum Gasteiger partial charge on any atom is -0.328 e. The third kappa shape index (κ3) is 2.81. The van der Waals surface area contributed by atoms with Gasteiger partial charge in [-0.25, -0.2) is 4.98 Å². The molecule has 0 aromatic carbocycles. The molecule has 3 rings (SSSR count). The summed E-state index contributed by atoms with van der Waals surface area (Å²) in [5.74, 6) is 0. The molecule has 0 spiro atoms. The molecular formula is C14H15N5S. The van der Waals surface area contributed by atoms with Crippen molar-refractivity contribution in [2.75, 3.05) is 0 Å². The lowest BCUT2D eigenvalue weighted by Gasteiger charge is -2.05. The normalized spacial score (nSPS) is 12.7. The lowest BCUT2D eigenvalue weighted by atomic mass is 10.1. The first kappa shape index (κ1) is 13.1.